The van der Waals surface area contributed by atoms with Crippen molar-refractivity contribution < 1.29 is 13.9 Å². The largest absolute Gasteiger partial charge is 0.381 e. The molecule has 3 nitrogen and oxygen atoms in total. The molecule has 1 fully saturated rings. The summed E-state index contributed by atoms with van der Waals surface area (Å²) in [6.45, 7) is 4.41. The fraction of sp³-hybridized carbons (Fsp3) is 0.533. The highest BCUT2D eigenvalue weighted by Crippen LogP contribution is 2.29. The van der Waals surface area contributed by atoms with Crippen LogP contribution in [0.15, 0.2) is 18.2 Å². The zero-order valence-corrected chi connectivity index (χ0v) is 11.6. The highest BCUT2D eigenvalue weighted by molar-refractivity contribution is 5.99. The van der Waals surface area contributed by atoms with E-state index in [4.69, 9.17) is 4.74 Å². The van der Waals surface area contributed by atoms with E-state index in [0.717, 1.165) is 25.1 Å². The van der Waals surface area contributed by atoms with Gasteiger partial charge in [0.25, 0.3) is 0 Å². The monoisotopic (exact) mass is 265 g/mol. The number of hydrogen-bond donors (Lipinski definition) is 0. The van der Waals surface area contributed by atoms with Gasteiger partial charge in [0.2, 0.25) is 0 Å². The van der Waals surface area contributed by atoms with E-state index in [1.54, 1.807) is 13.2 Å². The Hall–Kier alpha value is -1.42. The number of ketones is 1. The van der Waals surface area contributed by atoms with E-state index in [2.05, 4.69) is 11.8 Å². The number of Topliss-reactive ketones (excluding diaryl/α,β-unsaturated/α-hetero) is 1. The molecule has 0 bridgehead atoms. The number of rotatable bonds is 3. The van der Waals surface area contributed by atoms with Gasteiger partial charge in [0.05, 0.1) is 6.10 Å². The quantitative estimate of drug-likeness (QED) is 0.787. The lowest BCUT2D eigenvalue weighted by molar-refractivity contribution is 0.0721. The van der Waals surface area contributed by atoms with E-state index in [1.807, 2.05) is 0 Å². The van der Waals surface area contributed by atoms with Gasteiger partial charge in [0.1, 0.15) is 5.82 Å². The molecule has 1 aliphatic rings. The molecule has 1 aromatic carbocycles. The first-order valence-electron chi connectivity index (χ1n) is 6.63. The summed E-state index contributed by atoms with van der Waals surface area (Å²) in [6.07, 6.45) is 2.12. The molecule has 0 spiro atoms. The van der Waals surface area contributed by atoms with Gasteiger partial charge in [0.15, 0.2) is 5.78 Å². The normalized spacial score (nSPS) is 23.5. The Morgan fingerprint density at radius 3 is 2.79 bits per heavy atom. The van der Waals surface area contributed by atoms with Crippen LogP contribution in [0.4, 0.5) is 10.1 Å². The van der Waals surface area contributed by atoms with Gasteiger partial charge in [0, 0.05) is 30.9 Å². The number of piperidine rings is 1. The van der Waals surface area contributed by atoms with Crippen LogP contribution in [0.2, 0.25) is 0 Å². The Labute approximate surface area is 113 Å². The van der Waals surface area contributed by atoms with Crippen LogP contribution in [-0.2, 0) is 4.74 Å². The number of anilines is 1. The first kappa shape index (κ1) is 14.0. The number of methoxy groups -OCH3 is 1. The second-order valence-electron chi connectivity index (χ2n) is 5.14. The molecule has 1 aromatic rings. The Morgan fingerprint density at radius 1 is 1.47 bits per heavy atom. The molecule has 19 heavy (non-hydrogen) atoms. The minimum absolute atomic E-state index is 0.101. The molecule has 0 amide bonds. The van der Waals surface area contributed by atoms with Crippen molar-refractivity contribution in [2.75, 3.05) is 18.6 Å². The average molecular weight is 265 g/mol. The Morgan fingerprint density at radius 2 is 2.21 bits per heavy atom. The van der Waals surface area contributed by atoms with Crippen molar-refractivity contribution in [3.63, 3.8) is 0 Å². The molecule has 0 aromatic heterocycles. The fourth-order valence-corrected chi connectivity index (χ4v) is 2.74. The molecule has 2 unspecified atom stereocenters. The third kappa shape index (κ3) is 2.95. The number of halogens is 1. The van der Waals surface area contributed by atoms with Gasteiger partial charge in [-0.1, -0.05) is 0 Å². The van der Waals surface area contributed by atoms with Gasteiger partial charge in [-0.15, -0.1) is 0 Å². The lowest BCUT2D eigenvalue weighted by atomic mass is 9.98. The molecule has 1 saturated heterocycles. The number of ether oxygens (including phenoxy) is 1. The van der Waals surface area contributed by atoms with E-state index >= 15 is 0 Å². The number of hydrogen-bond acceptors (Lipinski definition) is 3. The van der Waals surface area contributed by atoms with Gasteiger partial charge >= 0.3 is 0 Å². The molecular formula is C15H20FNO2. The topological polar surface area (TPSA) is 29.5 Å². The van der Waals surface area contributed by atoms with Gasteiger partial charge in [-0.25, -0.2) is 4.39 Å². The predicted molar refractivity (Wildman–Crippen MR) is 73.2 cm³/mol. The standard InChI is InChI=1S/C15H20FNO2/c1-10-8-13(19-3)6-7-17(10)15-5-4-12(16)9-14(15)11(2)18/h4-5,9-10,13H,6-8H2,1-3H3. The van der Waals surface area contributed by atoms with E-state index in [0.29, 0.717) is 5.56 Å². The SMILES string of the molecule is COC1CCN(c2ccc(F)cc2C(C)=O)C(C)C1. The maximum absolute atomic E-state index is 13.3. The molecule has 1 aliphatic heterocycles. The molecule has 1 heterocycles. The van der Waals surface area contributed by atoms with Crippen molar-refractivity contribution >= 4 is 11.5 Å². The van der Waals surface area contributed by atoms with Crippen LogP contribution in [0.3, 0.4) is 0 Å². The summed E-state index contributed by atoms with van der Waals surface area (Å²) in [5.74, 6) is -0.469. The maximum atomic E-state index is 13.3. The maximum Gasteiger partial charge on any atom is 0.161 e. The first-order chi connectivity index (χ1) is 9.02. The first-order valence-corrected chi connectivity index (χ1v) is 6.63. The molecule has 104 valence electrons. The second kappa shape index (κ2) is 5.70. The molecule has 0 saturated carbocycles. The molecule has 2 rings (SSSR count). The predicted octanol–water partition coefficient (Wildman–Crippen LogP) is 3.03. The summed E-state index contributed by atoms with van der Waals surface area (Å²) in [6, 6.07) is 4.72. The average Bonchev–Trinajstić information content (AvgIpc) is 2.39. The third-order valence-electron chi connectivity index (χ3n) is 3.81. The zero-order valence-electron chi connectivity index (χ0n) is 11.6. The zero-order chi connectivity index (χ0) is 14.0. The van der Waals surface area contributed by atoms with Gasteiger partial charge < -0.3 is 9.64 Å². The summed E-state index contributed by atoms with van der Waals surface area (Å²) in [5, 5.41) is 0. The lowest BCUT2D eigenvalue weighted by Gasteiger charge is -2.39. The van der Waals surface area contributed by atoms with Crippen molar-refractivity contribution in [1.29, 1.82) is 0 Å². The molecule has 0 aliphatic carbocycles. The number of carbonyl (C=O) groups excluding carboxylic acids is 1. The van der Waals surface area contributed by atoms with Crippen LogP contribution in [0.25, 0.3) is 0 Å². The smallest absolute Gasteiger partial charge is 0.161 e. The van der Waals surface area contributed by atoms with E-state index in [-0.39, 0.29) is 23.7 Å². The van der Waals surface area contributed by atoms with Crippen LogP contribution >= 0.6 is 0 Å². The van der Waals surface area contributed by atoms with Crippen LogP contribution in [-0.4, -0.2) is 31.6 Å². The van der Waals surface area contributed by atoms with Crippen LogP contribution in [0, 0.1) is 5.82 Å². The van der Waals surface area contributed by atoms with Gasteiger partial charge in [-0.05, 0) is 44.9 Å². The van der Waals surface area contributed by atoms with Gasteiger partial charge in [-0.2, -0.15) is 0 Å². The Balaban J connectivity index is 2.29. The van der Waals surface area contributed by atoms with Crippen molar-refractivity contribution in [2.45, 2.75) is 38.8 Å². The highest BCUT2D eigenvalue weighted by atomic mass is 19.1. The Bertz CT molecular complexity index is 475. The fourth-order valence-electron chi connectivity index (χ4n) is 2.74. The van der Waals surface area contributed by atoms with Crippen molar-refractivity contribution in [2.24, 2.45) is 0 Å². The lowest BCUT2D eigenvalue weighted by Crippen LogP contribution is -2.43. The summed E-state index contributed by atoms with van der Waals surface area (Å²) < 4.78 is 18.7. The van der Waals surface area contributed by atoms with Crippen molar-refractivity contribution in [1.82, 2.24) is 0 Å². The molecular weight excluding hydrogens is 245 g/mol. The van der Waals surface area contributed by atoms with E-state index < -0.39 is 0 Å². The Kier molecular flexibility index (Phi) is 4.20. The molecule has 0 radical (unpaired) electrons. The highest BCUT2D eigenvalue weighted by Gasteiger charge is 2.27. The minimum atomic E-state index is -0.367. The van der Waals surface area contributed by atoms with Crippen molar-refractivity contribution in [3.05, 3.63) is 29.6 Å². The summed E-state index contributed by atoms with van der Waals surface area (Å²) >= 11 is 0. The summed E-state index contributed by atoms with van der Waals surface area (Å²) in [7, 11) is 1.73. The second-order valence-corrected chi connectivity index (χ2v) is 5.14. The van der Waals surface area contributed by atoms with Crippen LogP contribution in [0.1, 0.15) is 37.0 Å². The number of carbonyl (C=O) groups is 1. The van der Waals surface area contributed by atoms with Gasteiger partial charge in [-0.3, -0.25) is 4.79 Å². The summed E-state index contributed by atoms with van der Waals surface area (Å²) in [4.78, 5) is 13.8. The summed E-state index contributed by atoms with van der Waals surface area (Å²) in [5.41, 5.74) is 1.29. The third-order valence-corrected chi connectivity index (χ3v) is 3.81. The number of benzene rings is 1. The van der Waals surface area contributed by atoms with E-state index in [9.17, 15) is 9.18 Å². The van der Waals surface area contributed by atoms with Crippen LogP contribution in [0.5, 0.6) is 0 Å². The van der Waals surface area contributed by atoms with Crippen LogP contribution < -0.4 is 4.90 Å². The van der Waals surface area contributed by atoms with E-state index in [1.165, 1.54) is 19.1 Å². The molecule has 2 atom stereocenters. The number of nitrogens with zero attached hydrogens (tertiary/aromatic N) is 1. The van der Waals surface area contributed by atoms with Crippen molar-refractivity contribution in [3.8, 4) is 0 Å². The molecule has 0 N–H and O–H groups in total. The molecule has 4 heteroatoms. The minimum Gasteiger partial charge on any atom is -0.381 e.